The minimum atomic E-state index is 0.323. The molecule has 0 aliphatic heterocycles. The largest absolute Gasteiger partial charge is 0.303 e. The fraction of sp³-hybridized carbons (Fsp3) is 0.375. The number of rotatable bonds is 3. The Morgan fingerprint density at radius 3 is 2.54 bits per heavy atom. The molecule has 1 rings (SSSR count). The molecule has 0 bridgehead atoms. The summed E-state index contributed by atoms with van der Waals surface area (Å²) in [7, 11) is 0. The van der Waals surface area contributed by atoms with E-state index < -0.39 is 0 Å². The van der Waals surface area contributed by atoms with Crippen LogP contribution in [0.3, 0.4) is 0 Å². The third-order valence-electron chi connectivity index (χ3n) is 1.75. The monoisotopic (exact) mass is 218 g/mol. The molecule has 1 aromatic rings. The van der Waals surface area contributed by atoms with Gasteiger partial charge in [0.05, 0.1) is 0 Å². The van der Waals surface area contributed by atoms with E-state index in [1.807, 2.05) is 6.92 Å². The summed E-state index contributed by atoms with van der Waals surface area (Å²) in [6.07, 6.45) is 1.82. The second kappa shape index (κ2) is 4.53. The van der Waals surface area contributed by atoms with Crippen LogP contribution in [0.2, 0.25) is 10.3 Å². The van der Waals surface area contributed by atoms with Crippen LogP contribution >= 0.6 is 23.2 Å². The van der Waals surface area contributed by atoms with Crippen LogP contribution in [0.25, 0.3) is 0 Å². The minimum absolute atomic E-state index is 0.323. The molecule has 0 aliphatic rings. The lowest BCUT2D eigenvalue weighted by Gasteiger charge is -2.05. The molecular formula is C8H8Cl2N2O. The first-order chi connectivity index (χ1) is 6.16. The summed E-state index contributed by atoms with van der Waals surface area (Å²) < 4.78 is 0. The van der Waals surface area contributed by atoms with Crippen molar-refractivity contribution < 1.29 is 4.79 Å². The first-order valence-electron chi connectivity index (χ1n) is 3.77. The van der Waals surface area contributed by atoms with E-state index in [1.54, 1.807) is 0 Å². The highest BCUT2D eigenvalue weighted by Crippen LogP contribution is 2.22. The molecule has 5 heteroatoms. The van der Waals surface area contributed by atoms with Gasteiger partial charge < -0.3 is 4.79 Å². The maximum atomic E-state index is 10.2. The fourth-order valence-electron chi connectivity index (χ4n) is 0.996. The van der Waals surface area contributed by atoms with Crippen molar-refractivity contribution in [3.05, 3.63) is 21.4 Å². The Balaban J connectivity index is 3.02. The molecule has 0 amide bonds. The van der Waals surface area contributed by atoms with Crippen molar-refractivity contribution in [2.45, 2.75) is 19.8 Å². The lowest BCUT2D eigenvalue weighted by molar-refractivity contribution is -0.107. The van der Waals surface area contributed by atoms with E-state index in [4.69, 9.17) is 23.2 Å². The first kappa shape index (κ1) is 10.4. The number of aromatic nitrogens is 2. The van der Waals surface area contributed by atoms with Crippen molar-refractivity contribution in [2.24, 2.45) is 0 Å². The van der Waals surface area contributed by atoms with Gasteiger partial charge in [0.25, 0.3) is 0 Å². The van der Waals surface area contributed by atoms with E-state index in [9.17, 15) is 4.79 Å². The number of hydrogen-bond donors (Lipinski definition) is 0. The topological polar surface area (TPSA) is 42.9 Å². The van der Waals surface area contributed by atoms with Crippen molar-refractivity contribution in [3.63, 3.8) is 0 Å². The molecule has 0 saturated heterocycles. The summed E-state index contributed by atoms with van der Waals surface area (Å²) in [4.78, 5) is 10.2. The van der Waals surface area contributed by atoms with Crippen LogP contribution in [0.4, 0.5) is 0 Å². The molecule has 0 aliphatic carbocycles. The van der Waals surface area contributed by atoms with Gasteiger partial charge in [0.1, 0.15) is 6.29 Å². The normalized spacial score (nSPS) is 10.1. The molecule has 0 aromatic carbocycles. The van der Waals surface area contributed by atoms with Crippen molar-refractivity contribution in [2.75, 3.05) is 0 Å². The van der Waals surface area contributed by atoms with Gasteiger partial charge in [-0.1, -0.05) is 23.2 Å². The van der Waals surface area contributed by atoms with Gasteiger partial charge in [-0.05, 0) is 24.5 Å². The molecule has 0 fully saturated rings. The summed E-state index contributed by atoms with van der Waals surface area (Å²) in [6.45, 7) is 1.81. The molecule has 0 spiro atoms. The predicted octanol–water partition coefficient (Wildman–Crippen LogP) is 2.22. The summed E-state index contributed by atoms with van der Waals surface area (Å²) in [6, 6.07) is 0. The van der Waals surface area contributed by atoms with Crippen molar-refractivity contribution in [1.29, 1.82) is 0 Å². The SMILES string of the molecule is Cc1c(Cl)nnc(Cl)c1CCC=O. The quantitative estimate of drug-likeness (QED) is 0.732. The fourth-order valence-corrected chi connectivity index (χ4v) is 1.42. The highest BCUT2D eigenvalue weighted by atomic mass is 35.5. The molecule has 1 heterocycles. The lowest BCUT2D eigenvalue weighted by Crippen LogP contribution is -1.98. The highest BCUT2D eigenvalue weighted by molar-refractivity contribution is 6.32. The molecule has 13 heavy (non-hydrogen) atoms. The van der Waals surface area contributed by atoms with Crippen molar-refractivity contribution in [1.82, 2.24) is 10.2 Å². The van der Waals surface area contributed by atoms with Crippen molar-refractivity contribution in [3.8, 4) is 0 Å². The molecule has 0 N–H and O–H groups in total. The van der Waals surface area contributed by atoms with Crippen LogP contribution in [-0.4, -0.2) is 16.5 Å². The molecule has 0 radical (unpaired) electrons. The maximum absolute atomic E-state index is 10.2. The second-order valence-corrected chi connectivity index (χ2v) is 3.31. The Kier molecular flexibility index (Phi) is 3.63. The van der Waals surface area contributed by atoms with E-state index >= 15 is 0 Å². The molecular weight excluding hydrogens is 211 g/mol. The molecule has 0 saturated carbocycles. The Labute approximate surface area is 86.1 Å². The van der Waals surface area contributed by atoms with Gasteiger partial charge in [-0.2, -0.15) is 0 Å². The van der Waals surface area contributed by atoms with Crippen LogP contribution < -0.4 is 0 Å². The van der Waals surface area contributed by atoms with Gasteiger partial charge in [0.2, 0.25) is 0 Å². The first-order valence-corrected chi connectivity index (χ1v) is 4.53. The molecule has 1 aromatic heterocycles. The third kappa shape index (κ3) is 2.39. The Bertz CT molecular complexity index is 328. The summed E-state index contributed by atoms with van der Waals surface area (Å²) in [5.74, 6) is 0. The van der Waals surface area contributed by atoms with Gasteiger partial charge in [0, 0.05) is 6.42 Å². The smallest absolute Gasteiger partial charge is 0.155 e. The van der Waals surface area contributed by atoms with Gasteiger partial charge in [-0.3, -0.25) is 0 Å². The predicted molar refractivity (Wildman–Crippen MR) is 51.2 cm³/mol. The van der Waals surface area contributed by atoms with E-state index in [0.717, 1.165) is 17.4 Å². The molecule has 0 unspecified atom stereocenters. The van der Waals surface area contributed by atoms with Crippen LogP contribution in [0, 0.1) is 6.92 Å². The summed E-state index contributed by atoms with van der Waals surface area (Å²) in [5, 5.41) is 7.96. The van der Waals surface area contributed by atoms with Crippen LogP contribution in [-0.2, 0) is 11.2 Å². The number of hydrogen-bond acceptors (Lipinski definition) is 3. The van der Waals surface area contributed by atoms with Gasteiger partial charge >= 0.3 is 0 Å². The standard InChI is InChI=1S/C8H8Cl2N2O/c1-5-6(3-2-4-13)8(10)12-11-7(5)9/h4H,2-3H2,1H3. The van der Waals surface area contributed by atoms with Crippen LogP contribution in [0.15, 0.2) is 0 Å². The zero-order chi connectivity index (χ0) is 9.84. The van der Waals surface area contributed by atoms with E-state index in [0.29, 0.717) is 23.1 Å². The average molecular weight is 219 g/mol. The maximum Gasteiger partial charge on any atom is 0.155 e. The lowest BCUT2D eigenvalue weighted by atomic mass is 10.1. The number of aldehydes is 1. The second-order valence-electron chi connectivity index (χ2n) is 2.59. The van der Waals surface area contributed by atoms with E-state index in [1.165, 1.54) is 0 Å². The highest BCUT2D eigenvalue weighted by Gasteiger charge is 2.09. The summed E-state index contributed by atoms with van der Waals surface area (Å²) in [5.41, 5.74) is 1.59. The van der Waals surface area contributed by atoms with Gasteiger partial charge in [-0.25, -0.2) is 0 Å². The van der Waals surface area contributed by atoms with Crippen LogP contribution in [0.1, 0.15) is 17.5 Å². The zero-order valence-electron chi connectivity index (χ0n) is 7.05. The minimum Gasteiger partial charge on any atom is -0.303 e. The Hall–Kier alpha value is -0.670. The van der Waals surface area contributed by atoms with E-state index in [-0.39, 0.29) is 0 Å². The molecule has 70 valence electrons. The van der Waals surface area contributed by atoms with E-state index in [2.05, 4.69) is 10.2 Å². The van der Waals surface area contributed by atoms with Gasteiger partial charge in [-0.15, -0.1) is 10.2 Å². The number of halogens is 2. The average Bonchev–Trinajstić information content (AvgIpc) is 2.12. The number of nitrogens with zero attached hydrogens (tertiary/aromatic N) is 2. The van der Waals surface area contributed by atoms with Gasteiger partial charge in [0.15, 0.2) is 10.3 Å². The molecule has 0 atom stereocenters. The number of carbonyl (C=O) groups is 1. The third-order valence-corrected chi connectivity index (χ3v) is 2.41. The number of carbonyl (C=O) groups excluding carboxylic acids is 1. The zero-order valence-corrected chi connectivity index (χ0v) is 8.56. The van der Waals surface area contributed by atoms with Crippen molar-refractivity contribution >= 4 is 29.5 Å². The Morgan fingerprint density at radius 2 is 1.92 bits per heavy atom. The molecule has 3 nitrogen and oxygen atoms in total. The van der Waals surface area contributed by atoms with Crippen LogP contribution in [0.5, 0.6) is 0 Å². The summed E-state index contributed by atoms with van der Waals surface area (Å²) >= 11 is 11.5. The Morgan fingerprint density at radius 1 is 1.31 bits per heavy atom.